The van der Waals surface area contributed by atoms with Gasteiger partial charge in [0.2, 0.25) is 15.9 Å². The first-order valence-electron chi connectivity index (χ1n) is 8.32. The van der Waals surface area contributed by atoms with E-state index in [1.54, 1.807) is 29.4 Å². The van der Waals surface area contributed by atoms with Crippen LogP contribution in [0.3, 0.4) is 0 Å². The second-order valence-electron chi connectivity index (χ2n) is 6.35. The molecule has 1 aliphatic rings. The summed E-state index contributed by atoms with van der Waals surface area (Å²) >= 11 is 0. The number of rotatable bonds is 6. The van der Waals surface area contributed by atoms with Crippen LogP contribution in [0.5, 0.6) is 0 Å². The SMILES string of the molecule is CC(=O)N1CCc2cc(S(=O)(=O)N[C@H](C)CCc3ccco3)ccc21. The Labute approximate surface area is 147 Å². The summed E-state index contributed by atoms with van der Waals surface area (Å²) in [6, 6.07) is 8.42. The summed E-state index contributed by atoms with van der Waals surface area (Å²) in [6.45, 7) is 3.95. The number of aryl methyl sites for hydroxylation is 1. The van der Waals surface area contributed by atoms with Gasteiger partial charge in [0.15, 0.2) is 0 Å². The fraction of sp³-hybridized carbons (Fsp3) is 0.389. The van der Waals surface area contributed by atoms with Crippen molar-refractivity contribution < 1.29 is 17.6 Å². The number of anilines is 1. The maximum absolute atomic E-state index is 12.6. The standard InChI is InChI=1S/C18H22N2O4S/c1-13(5-6-16-4-3-11-24-16)19-25(22,23)17-7-8-18-15(12-17)9-10-20(18)14(2)21/h3-4,7-8,11-13,19H,5-6,9-10H2,1-2H3/t13-/m1/s1. The zero-order valence-corrected chi connectivity index (χ0v) is 15.2. The Kier molecular flexibility index (Phi) is 4.96. The summed E-state index contributed by atoms with van der Waals surface area (Å²) in [4.78, 5) is 13.5. The van der Waals surface area contributed by atoms with Crippen molar-refractivity contribution in [3.8, 4) is 0 Å². The number of carbonyl (C=O) groups is 1. The number of carbonyl (C=O) groups excluding carboxylic acids is 1. The number of sulfonamides is 1. The Bertz CT molecular complexity index is 859. The van der Waals surface area contributed by atoms with Gasteiger partial charge in [-0.25, -0.2) is 13.1 Å². The van der Waals surface area contributed by atoms with Gasteiger partial charge in [0, 0.05) is 31.6 Å². The highest BCUT2D eigenvalue weighted by Gasteiger charge is 2.25. The minimum absolute atomic E-state index is 0.0287. The molecule has 3 rings (SSSR count). The third-order valence-electron chi connectivity index (χ3n) is 4.40. The van der Waals surface area contributed by atoms with E-state index in [4.69, 9.17) is 4.42 Å². The van der Waals surface area contributed by atoms with Gasteiger partial charge in [0.25, 0.3) is 0 Å². The molecule has 1 aliphatic heterocycles. The van der Waals surface area contributed by atoms with Crippen molar-refractivity contribution in [2.45, 2.75) is 44.0 Å². The summed E-state index contributed by atoms with van der Waals surface area (Å²) in [5.74, 6) is 0.812. The third kappa shape index (κ3) is 3.93. The molecule has 7 heteroatoms. The average molecular weight is 362 g/mol. The predicted octanol–water partition coefficient (Wildman–Crippen LogP) is 2.49. The van der Waals surface area contributed by atoms with Crippen LogP contribution < -0.4 is 9.62 Å². The molecule has 0 fully saturated rings. The molecule has 0 bridgehead atoms. The van der Waals surface area contributed by atoms with Crippen molar-refractivity contribution in [2.24, 2.45) is 0 Å². The highest BCUT2D eigenvalue weighted by Crippen LogP contribution is 2.30. The lowest BCUT2D eigenvalue weighted by Crippen LogP contribution is -2.33. The van der Waals surface area contributed by atoms with Crippen molar-refractivity contribution in [1.29, 1.82) is 0 Å². The van der Waals surface area contributed by atoms with Gasteiger partial charge in [-0.2, -0.15) is 0 Å². The maximum atomic E-state index is 12.6. The van der Waals surface area contributed by atoms with Crippen LogP contribution in [-0.2, 0) is 27.7 Å². The Morgan fingerprint density at radius 3 is 2.84 bits per heavy atom. The van der Waals surface area contributed by atoms with Crippen molar-refractivity contribution >= 4 is 21.6 Å². The molecule has 0 aliphatic carbocycles. The van der Waals surface area contributed by atoms with Crippen LogP contribution in [-0.4, -0.2) is 26.9 Å². The first-order chi connectivity index (χ1) is 11.9. The maximum Gasteiger partial charge on any atom is 0.240 e. The van der Waals surface area contributed by atoms with Gasteiger partial charge in [-0.1, -0.05) is 0 Å². The first-order valence-corrected chi connectivity index (χ1v) is 9.81. The molecule has 2 aromatic rings. The van der Waals surface area contributed by atoms with Gasteiger partial charge < -0.3 is 9.32 Å². The number of nitrogens with zero attached hydrogens (tertiary/aromatic N) is 1. The topological polar surface area (TPSA) is 79.6 Å². The zero-order chi connectivity index (χ0) is 18.0. The van der Waals surface area contributed by atoms with Crippen LogP contribution in [0, 0.1) is 0 Å². The van der Waals surface area contributed by atoms with Gasteiger partial charge in [-0.05, 0) is 55.7 Å². The molecule has 25 heavy (non-hydrogen) atoms. The molecule has 134 valence electrons. The van der Waals surface area contributed by atoms with Crippen LogP contribution >= 0.6 is 0 Å². The highest BCUT2D eigenvalue weighted by atomic mass is 32.2. The predicted molar refractivity (Wildman–Crippen MR) is 95.0 cm³/mol. The van der Waals surface area contributed by atoms with E-state index in [0.29, 0.717) is 25.8 Å². The van der Waals surface area contributed by atoms with Crippen molar-refractivity contribution in [3.05, 3.63) is 47.9 Å². The number of furan rings is 1. The average Bonchev–Trinajstić information content (AvgIpc) is 3.21. The van der Waals surface area contributed by atoms with E-state index in [1.807, 2.05) is 19.1 Å². The van der Waals surface area contributed by atoms with E-state index >= 15 is 0 Å². The Morgan fingerprint density at radius 1 is 1.36 bits per heavy atom. The van der Waals surface area contributed by atoms with Crippen molar-refractivity contribution in [1.82, 2.24) is 4.72 Å². The first kappa shape index (κ1) is 17.7. The van der Waals surface area contributed by atoms with Crippen LogP contribution in [0.2, 0.25) is 0 Å². The molecular weight excluding hydrogens is 340 g/mol. The van der Waals surface area contributed by atoms with Crippen molar-refractivity contribution in [2.75, 3.05) is 11.4 Å². The Hall–Kier alpha value is -2.12. The molecule has 0 saturated heterocycles. The number of benzene rings is 1. The number of nitrogens with one attached hydrogen (secondary N) is 1. The monoisotopic (exact) mass is 362 g/mol. The summed E-state index contributed by atoms with van der Waals surface area (Å²) < 4.78 is 33.2. The molecule has 1 N–H and O–H groups in total. The molecule has 0 radical (unpaired) electrons. The number of fused-ring (bicyclic) bond motifs is 1. The number of amides is 1. The van der Waals surface area contributed by atoms with Gasteiger partial charge in [0.1, 0.15) is 5.76 Å². The molecule has 0 spiro atoms. The molecule has 1 aromatic carbocycles. The highest BCUT2D eigenvalue weighted by molar-refractivity contribution is 7.89. The minimum atomic E-state index is -3.59. The summed E-state index contributed by atoms with van der Waals surface area (Å²) in [6.07, 6.45) is 3.61. The quantitative estimate of drug-likeness (QED) is 0.856. The van der Waals surface area contributed by atoms with Crippen LogP contribution in [0.15, 0.2) is 45.9 Å². The molecule has 1 aromatic heterocycles. The van der Waals surface area contributed by atoms with E-state index in [-0.39, 0.29) is 16.8 Å². The van der Waals surface area contributed by atoms with Crippen LogP contribution in [0.25, 0.3) is 0 Å². The summed E-state index contributed by atoms with van der Waals surface area (Å²) in [5.41, 5.74) is 1.69. The molecule has 2 heterocycles. The van der Waals surface area contributed by atoms with E-state index in [2.05, 4.69) is 4.72 Å². The number of hydrogen-bond acceptors (Lipinski definition) is 4. The minimum Gasteiger partial charge on any atom is -0.469 e. The lowest BCUT2D eigenvalue weighted by molar-refractivity contribution is -0.116. The second kappa shape index (κ2) is 7.01. The van der Waals surface area contributed by atoms with Crippen molar-refractivity contribution in [3.63, 3.8) is 0 Å². The third-order valence-corrected chi connectivity index (χ3v) is 5.98. The Morgan fingerprint density at radius 2 is 2.16 bits per heavy atom. The molecule has 1 atom stereocenters. The lowest BCUT2D eigenvalue weighted by Gasteiger charge is -2.16. The lowest BCUT2D eigenvalue weighted by atomic mass is 10.2. The Balaban J connectivity index is 1.69. The molecular formula is C18H22N2O4S. The van der Waals surface area contributed by atoms with E-state index < -0.39 is 10.0 Å². The van der Waals surface area contributed by atoms with E-state index in [9.17, 15) is 13.2 Å². The smallest absolute Gasteiger partial charge is 0.240 e. The van der Waals surface area contributed by atoms with Crippen LogP contribution in [0.1, 0.15) is 31.6 Å². The molecule has 1 amide bonds. The molecule has 0 saturated carbocycles. The number of hydrogen-bond donors (Lipinski definition) is 1. The fourth-order valence-electron chi connectivity index (χ4n) is 3.08. The largest absolute Gasteiger partial charge is 0.469 e. The van der Waals surface area contributed by atoms with Gasteiger partial charge in [-0.3, -0.25) is 4.79 Å². The van der Waals surface area contributed by atoms with E-state index in [0.717, 1.165) is 17.0 Å². The molecule has 6 nitrogen and oxygen atoms in total. The van der Waals surface area contributed by atoms with Gasteiger partial charge in [-0.15, -0.1) is 0 Å². The summed E-state index contributed by atoms with van der Waals surface area (Å²) in [7, 11) is -3.59. The molecule has 0 unspecified atom stereocenters. The van der Waals surface area contributed by atoms with E-state index in [1.165, 1.54) is 6.92 Å². The van der Waals surface area contributed by atoms with Crippen LogP contribution in [0.4, 0.5) is 5.69 Å². The van der Waals surface area contributed by atoms with Gasteiger partial charge >= 0.3 is 0 Å². The summed E-state index contributed by atoms with van der Waals surface area (Å²) in [5, 5.41) is 0. The normalized spacial score (nSPS) is 15.2. The fourth-order valence-corrected chi connectivity index (χ4v) is 4.41. The second-order valence-corrected chi connectivity index (χ2v) is 8.07. The zero-order valence-electron chi connectivity index (χ0n) is 14.4. The van der Waals surface area contributed by atoms with Gasteiger partial charge in [0.05, 0.1) is 11.2 Å².